The maximum absolute atomic E-state index is 12.1. The van der Waals surface area contributed by atoms with Gasteiger partial charge in [-0.05, 0) is 23.8 Å². The quantitative estimate of drug-likeness (QED) is 0.930. The van der Waals surface area contributed by atoms with E-state index in [1.165, 1.54) is 30.6 Å². The van der Waals surface area contributed by atoms with Crippen LogP contribution in [0.3, 0.4) is 0 Å². The summed E-state index contributed by atoms with van der Waals surface area (Å²) in [5.74, 6) is -0.383. The van der Waals surface area contributed by atoms with E-state index in [2.05, 4.69) is 14.9 Å². The van der Waals surface area contributed by atoms with Crippen LogP contribution in [0.5, 0.6) is 5.75 Å². The van der Waals surface area contributed by atoms with Gasteiger partial charge in [0.2, 0.25) is 0 Å². The highest BCUT2D eigenvalue weighted by atomic mass is 19.4. The Bertz CT molecular complexity index is 546. The van der Waals surface area contributed by atoms with Crippen LogP contribution in [0, 0.1) is 0 Å². The maximum atomic E-state index is 12.1. The highest BCUT2D eigenvalue weighted by Gasteiger charge is 2.31. The molecule has 0 aliphatic rings. The van der Waals surface area contributed by atoms with Crippen LogP contribution < -0.4 is 4.74 Å². The molecule has 0 fully saturated rings. The first-order valence-electron chi connectivity index (χ1n) is 5.26. The second kappa shape index (κ2) is 5.23. The van der Waals surface area contributed by atoms with Gasteiger partial charge in [0.25, 0.3) is 0 Å². The molecule has 1 heterocycles. The Morgan fingerprint density at radius 1 is 1.11 bits per heavy atom. The van der Waals surface area contributed by atoms with Crippen LogP contribution in [0.2, 0.25) is 0 Å². The largest absolute Gasteiger partial charge is 0.573 e. The molecule has 1 aromatic carbocycles. The van der Waals surface area contributed by atoms with E-state index in [1.54, 1.807) is 0 Å². The van der Waals surface area contributed by atoms with Crippen LogP contribution in [0.1, 0.15) is 17.2 Å². The average Bonchev–Trinajstić information content (AvgIpc) is 2.37. The molecule has 1 aromatic heterocycles. The number of rotatable bonds is 3. The minimum Gasteiger partial charge on any atom is -0.406 e. The van der Waals surface area contributed by atoms with Crippen molar-refractivity contribution in [1.82, 2.24) is 10.2 Å². The lowest BCUT2D eigenvalue weighted by Gasteiger charge is -2.13. The molecule has 0 bridgehead atoms. The number of hydrogen-bond acceptors (Lipinski definition) is 4. The normalized spacial score (nSPS) is 13.1. The molecule has 2 aromatic rings. The molecule has 19 heavy (non-hydrogen) atoms. The third-order valence-corrected chi connectivity index (χ3v) is 2.33. The molecule has 1 atom stereocenters. The van der Waals surface area contributed by atoms with Crippen LogP contribution >= 0.6 is 0 Å². The minimum absolute atomic E-state index is 0.273. The van der Waals surface area contributed by atoms with Crippen LogP contribution in [0.25, 0.3) is 0 Å². The average molecular weight is 270 g/mol. The van der Waals surface area contributed by atoms with Crippen molar-refractivity contribution < 1.29 is 23.0 Å². The molecule has 0 radical (unpaired) electrons. The van der Waals surface area contributed by atoms with Gasteiger partial charge in [-0.2, -0.15) is 10.2 Å². The summed E-state index contributed by atoms with van der Waals surface area (Å²) in [4.78, 5) is 0. The van der Waals surface area contributed by atoms with E-state index < -0.39 is 12.5 Å². The predicted molar refractivity (Wildman–Crippen MR) is 59.2 cm³/mol. The van der Waals surface area contributed by atoms with Crippen molar-refractivity contribution in [2.75, 3.05) is 0 Å². The van der Waals surface area contributed by atoms with Crippen LogP contribution in [-0.2, 0) is 0 Å². The minimum atomic E-state index is -4.76. The van der Waals surface area contributed by atoms with E-state index in [-0.39, 0.29) is 11.3 Å². The molecule has 0 amide bonds. The lowest BCUT2D eigenvalue weighted by molar-refractivity contribution is -0.274. The SMILES string of the molecule is OC(c1ccnnc1)c1cccc(OC(F)(F)F)c1. The fraction of sp³-hybridized carbons (Fsp3) is 0.167. The molecule has 100 valence electrons. The Morgan fingerprint density at radius 3 is 2.53 bits per heavy atom. The van der Waals surface area contributed by atoms with Crippen molar-refractivity contribution >= 4 is 0 Å². The zero-order valence-electron chi connectivity index (χ0n) is 9.50. The van der Waals surface area contributed by atoms with Gasteiger partial charge in [-0.1, -0.05) is 12.1 Å². The summed E-state index contributed by atoms with van der Waals surface area (Å²) in [6, 6.07) is 6.67. The molecule has 0 spiro atoms. The van der Waals surface area contributed by atoms with Gasteiger partial charge in [-0.25, -0.2) is 0 Å². The molecule has 0 saturated heterocycles. The van der Waals surface area contributed by atoms with Crippen molar-refractivity contribution in [2.24, 2.45) is 0 Å². The van der Waals surface area contributed by atoms with Crippen molar-refractivity contribution in [3.05, 3.63) is 53.9 Å². The van der Waals surface area contributed by atoms with Gasteiger partial charge < -0.3 is 9.84 Å². The van der Waals surface area contributed by atoms with Gasteiger partial charge in [0.15, 0.2) is 0 Å². The van der Waals surface area contributed by atoms with Crippen LogP contribution in [0.4, 0.5) is 13.2 Å². The fourth-order valence-electron chi connectivity index (χ4n) is 1.54. The monoisotopic (exact) mass is 270 g/mol. The Kier molecular flexibility index (Phi) is 3.66. The number of nitrogens with zero attached hydrogens (tertiary/aromatic N) is 2. The summed E-state index contributed by atoms with van der Waals surface area (Å²) in [6.45, 7) is 0. The molecule has 2 rings (SSSR count). The zero-order chi connectivity index (χ0) is 13.9. The van der Waals surface area contributed by atoms with Gasteiger partial charge in [-0.15, -0.1) is 13.2 Å². The van der Waals surface area contributed by atoms with E-state index in [0.717, 1.165) is 12.1 Å². The number of aromatic nitrogens is 2. The van der Waals surface area contributed by atoms with Crippen molar-refractivity contribution in [2.45, 2.75) is 12.5 Å². The predicted octanol–water partition coefficient (Wildman–Crippen LogP) is 2.46. The smallest absolute Gasteiger partial charge is 0.406 e. The number of alkyl halides is 3. The second-order valence-corrected chi connectivity index (χ2v) is 3.70. The van der Waals surface area contributed by atoms with E-state index in [9.17, 15) is 18.3 Å². The first-order valence-corrected chi connectivity index (χ1v) is 5.26. The Balaban J connectivity index is 2.24. The molecule has 0 saturated carbocycles. The number of hydrogen-bond donors (Lipinski definition) is 1. The Hall–Kier alpha value is -2.15. The van der Waals surface area contributed by atoms with Crippen LogP contribution in [0.15, 0.2) is 42.7 Å². The highest BCUT2D eigenvalue weighted by Crippen LogP contribution is 2.27. The first kappa shape index (κ1) is 13.3. The Morgan fingerprint density at radius 2 is 1.89 bits per heavy atom. The topological polar surface area (TPSA) is 55.2 Å². The molecular weight excluding hydrogens is 261 g/mol. The van der Waals surface area contributed by atoms with Gasteiger partial charge in [0.1, 0.15) is 11.9 Å². The fourth-order valence-corrected chi connectivity index (χ4v) is 1.54. The number of halogens is 3. The molecular formula is C12H9F3N2O2. The second-order valence-electron chi connectivity index (χ2n) is 3.70. The third-order valence-electron chi connectivity index (χ3n) is 2.33. The van der Waals surface area contributed by atoms with Crippen molar-refractivity contribution in [3.63, 3.8) is 0 Å². The molecule has 0 aliphatic heterocycles. The number of aliphatic hydroxyl groups excluding tert-OH is 1. The number of benzene rings is 1. The zero-order valence-corrected chi connectivity index (χ0v) is 9.50. The first-order chi connectivity index (χ1) is 8.96. The van der Waals surface area contributed by atoms with Crippen molar-refractivity contribution in [3.8, 4) is 5.75 Å². The van der Waals surface area contributed by atoms with Crippen LogP contribution in [-0.4, -0.2) is 21.7 Å². The summed E-state index contributed by atoms with van der Waals surface area (Å²) in [6.07, 6.45) is -3.13. The lowest BCUT2D eigenvalue weighted by Crippen LogP contribution is -2.17. The van der Waals surface area contributed by atoms with Gasteiger partial charge in [0, 0.05) is 11.8 Å². The lowest BCUT2D eigenvalue weighted by atomic mass is 10.0. The van der Waals surface area contributed by atoms with Gasteiger partial charge in [0.05, 0.1) is 6.20 Å². The number of aliphatic hydroxyl groups is 1. The summed E-state index contributed by atoms with van der Waals surface area (Å²) in [5, 5.41) is 17.2. The summed E-state index contributed by atoms with van der Waals surface area (Å²) in [5.41, 5.74) is 0.703. The molecule has 1 unspecified atom stereocenters. The van der Waals surface area contributed by atoms with E-state index in [0.29, 0.717) is 5.56 Å². The van der Waals surface area contributed by atoms with E-state index in [4.69, 9.17) is 0 Å². The summed E-state index contributed by atoms with van der Waals surface area (Å²) >= 11 is 0. The molecule has 4 nitrogen and oxygen atoms in total. The number of ether oxygens (including phenoxy) is 1. The maximum Gasteiger partial charge on any atom is 0.573 e. The third kappa shape index (κ3) is 3.65. The highest BCUT2D eigenvalue weighted by molar-refractivity contribution is 5.34. The summed E-state index contributed by atoms with van der Waals surface area (Å²) in [7, 11) is 0. The van der Waals surface area contributed by atoms with Crippen molar-refractivity contribution in [1.29, 1.82) is 0 Å². The van der Waals surface area contributed by atoms with Gasteiger partial charge >= 0.3 is 6.36 Å². The van der Waals surface area contributed by atoms with E-state index in [1.807, 2.05) is 0 Å². The van der Waals surface area contributed by atoms with E-state index >= 15 is 0 Å². The van der Waals surface area contributed by atoms with Gasteiger partial charge in [-0.3, -0.25) is 0 Å². The molecule has 7 heteroatoms. The molecule has 1 N–H and O–H groups in total. The summed E-state index contributed by atoms with van der Waals surface area (Å²) < 4.78 is 40.1. The molecule has 0 aliphatic carbocycles. The Labute approximate surface area is 106 Å². The standard InChI is InChI=1S/C12H9F3N2O2/c13-12(14,15)19-10-3-1-2-8(6-10)11(18)9-4-5-16-17-7-9/h1-7,11,18H.